The van der Waals surface area contributed by atoms with E-state index in [9.17, 15) is 0 Å². The third-order valence-electron chi connectivity index (χ3n) is 10.7. The monoisotopic (exact) mass is 348 g/mol. The molecule has 0 radical (unpaired) electrons. The smallest absolute Gasteiger partial charge is 0.0105 e. The quantitative estimate of drug-likeness (QED) is 0.476. The summed E-state index contributed by atoms with van der Waals surface area (Å²) in [7, 11) is 0. The van der Waals surface area contributed by atoms with Crippen LogP contribution in [0, 0.1) is 44.8 Å². The molecular weight excluding hydrogens is 312 g/mol. The molecule has 0 aromatic heterocycles. The van der Waals surface area contributed by atoms with Crippen LogP contribution in [0.5, 0.6) is 0 Å². The lowest BCUT2D eigenvalue weighted by Gasteiger charge is -2.75. The second kappa shape index (κ2) is 4.61. The van der Waals surface area contributed by atoms with E-state index in [2.05, 4.69) is 38.0 Å². The molecule has 0 aromatic rings. The third-order valence-corrected chi connectivity index (χ3v) is 10.7. The van der Waals surface area contributed by atoms with E-state index >= 15 is 0 Å². The molecule has 0 heteroatoms. The molecule has 0 N–H and O–H groups in total. The number of rotatable bonds is 4. The van der Waals surface area contributed by atoms with E-state index in [1.807, 2.05) is 0 Å². The Morgan fingerprint density at radius 2 is 0.962 bits per heavy atom. The van der Waals surface area contributed by atoms with Crippen molar-refractivity contribution in [1.82, 2.24) is 0 Å². The van der Waals surface area contributed by atoms with Gasteiger partial charge in [0.1, 0.15) is 0 Å². The summed E-state index contributed by atoms with van der Waals surface area (Å²) in [6, 6.07) is 0. The minimum Gasteiger partial charge on any atom is -0.103 e. The average molecular weight is 349 g/mol. The van der Waals surface area contributed by atoms with Gasteiger partial charge in [0, 0.05) is 0 Å². The van der Waals surface area contributed by atoms with Crippen LogP contribution in [0.4, 0.5) is 0 Å². The molecule has 8 aliphatic rings. The number of allylic oxidation sites excluding steroid dienone is 3. The van der Waals surface area contributed by atoms with Gasteiger partial charge >= 0.3 is 0 Å². The predicted molar refractivity (Wildman–Crippen MR) is 109 cm³/mol. The maximum atomic E-state index is 4.37. The highest BCUT2D eigenvalue weighted by atomic mass is 14.7. The molecule has 140 valence electrons. The van der Waals surface area contributed by atoms with Gasteiger partial charge in [-0.25, -0.2) is 0 Å². The van der Waals surface area contributed by atoms with Gasteiger partial charge in [-0.05, 0) is 122 Å². The second-order valence-electron chi connectivity index (χ2n) is 12.2. The standard InChI is InChI=1S/C26H36/c1-4-22-8-19-7-20(9-22)13-25(12-19,16-22)26-14-21-10-23(5-2,17-26)15-24(6-3,11-21)18-26/h4-6,19-21H,1-3,7-18H2. The van der Waals surface area contributed by atoms with Crippen LogP contribution in [0.3, 0.4) is 0 Å². The Morgan fingerprint density at radius 3 is 1.50 bits per heavy atom. The molecule has 0 nitrogen and oxygen atoms in total. The maximum absolute atomic E-state index is 4.37. The van der Waals surface area contributed by atoms with Gasteiger partial charge in [-0.15, -0.1) is 19.7 Å². The van der Waals surface area contributed by atoms with E-state index in [4.69, 9.17) is 0 Å². The zero-order valence-electron chi connectivity index (χ0n) is 16.6. The first-order chi connectivity index (χ1) is 12.4. The van der Waals surface area contributed by atoms with Crippen molar-refractivity contribution in [1.29, 1.82) is 0 Å². The minimum atomic E-state index is 0.415. The fourth-order valence-corrected chi connectivity index (χ4v) is 10.8. The molecule has 0 amide bonds. The summed E-state index contributed by atoms with van der Waals surface area (Å²) >= 11 is 0. The number of hydrogen-bond acceptors (Lipinski definition) is 0. The largest absolute Gasteiger partial charge is 0.103 e. The molecule has 0 spiro atoms. The van der Waals surface area contributed by atoms with Crippen molar-refractivity contribution in [2.45, 2.75) is 77.0 Å². The average Bonchev–Trinajstić information content (AvgIpc) is 2.59. The lowest BCUT2D eigenvalue weighted by molar-refractivity contribution is -0.236. The van der Waals surface area contributed by atoms with Crippen molar-refractivity contribution in [2.24, 2.45) is 44.8 Å². The van der Waals surface area contributed by atoms with E-state index in [1.54, 1.807) is 0 Å². The zero-order valence-corrected chi connectivity index (χ0v) is 16.6. The van der Waals surface area contributed by atoms with Crippen molar-refractivity contribution < 1.29 is 0 Å². The molecule has 4 atom stereocenters. The van der Waals surface area contributed by atoms with E-state index in [0.29, 0.717) is 27.1 Å². The van der Waals surface area contributed by atoms with Crippen LogP contribution in [0.1, 0.15) is 77.0 Å². The van der Waals surface area contributed by atoms with Crippen molar-refractivity contribution in [2.75, 3.05) is 0 Å². The first-order valence-corrected chi connectivity index (χ1v) is 11.3. The molecule has 0 aliphatic heterocycles. The highest BCUT2D eigenvalue weighted by Gasteiger charge is 2.71. The zero-order chi connectivity index (χ0) is 17.8. The Labute approximate surface area is 160 Å². The summed E-state index contributed by atoms with van der Waals surface area (Å²) in [5.74, 6) is 2.90. The van der Waals surface area contributed by atoms with Gasteiger partial charge in [-0.1, -0.05) is 18.2 Å². The predicted octanol–water partition coefficient (Wildman–Crippen LogP) is 7.09. The van der Waals surface area contributed by atoms with E-state index in [1.165, 1.54) is 77.0 Å². The molecule has 8 rings (SSSR count). The Kier molecular flexibility index (Phi) is 2.87. The Hall–Kier alpha value is -0.780. The number of hydrogen-bond donors (Lipinski definition) is 0. The Balaban J connectivity index is 1.49. The molecule has 8 bridgehead atoms. The van der Waals surface area contributed by atoms with Gasteiger partial charge in [0.15, 0.2) is 0 Å². The normalized spacial score (nSPS) is 61.6. The topological polar surface area (TPSA) is 0 Å². The first kappa shape index (κ1) is 16.2. The van der Waals surface area contributed by atoms with Crippen molar-refractivity contribution in [3.63, 3.8) is 0 Å². The van der Waals surface area contributed by atoms with E-state index in [-0.39, 0.29) is 0 Å². The van der Waals surface area contributed by atoms with E-state index in [0.717, 1.165) is 17.8 Å². The molecule has 0 aromatic carbocycles. The Bertz CT molecular complexity index is 657. The fraction of sp³-hybridized carbons (Fsp3) is 0.769. The molecular formula is C26H36. The van der Waals surface area contributed by atoms with E-state index < -0.39 is 0 Å². The summed E-state index contributed by atoms with van der Waals surface area (Å²) in [5, 5.41) is 0. The van der Waals surface area contributed by atoms with Crippen molar-refractivity contribution >= 4 is 0 Å². The summed E-state index contributed by atoms with van der Waals surface area (Å²) in [6.45, 7) is 13.1. The summed E-state index contributed by atoms with van der Waals surface area (Å²) in [5.41, 5.74) is 2.49. The van der Waals surface area contributed by atoms with Crippen molar-refractivity contribution in [3.05, 3.63) is 38.0 Å². The lowest BCUT2D eigenvalue weighted by Crippen LogP contribution is -2.65. The van der Waals surface area contributed by atoms with Crippen LogP contribution in [0.2, 0.25) is 0 Å². The maximum Gasteiger partial charge on any atom is -0.0105 e. The second-order valence-corrected chi connectivity index (χ2v) is 12.2. The highest BCUT2D eigenvalue weighted by Crippen LogP contribution is 2.80. The SMILES string of the molecule is C=CC12CC3CC(C1)CC(C14CC5CC(C=C)(CC(C=C)(C5)C1)C4)(C3)C2. The molecule has 8 saturated carbocycles. The molecule has 8 aliphatic carbocycles. The highest BCUT2D eigenvalue weighted by molar-refractivity contribution is 5.27. The van der Waals surface area contributed by atoms with Gasteiger partial charge < -0.3 is 0 Å². The van der Waals surface area contributed by atoms with Gasteiger partial charge in [-0.2, -0.15) is 0 Å². The molecule has 0 saturated heterocycles. The molecule has 0 heterocycles. The third kappa shape index (κ3) is 1.78. The van der Waals surface area contributed by atoms with Crippen LogP contribution in [-0.4, -0.2) is 0 Å². The molecule has 26 heavy (non-hydrogen) atoms. The Morgan fingerprint density at radius 1 is 0.500 bits per heavy atom. The summed E-state index contributed by atoms with van der Waals surface area (Å²) < 4.78 is 0. The van der Waals surface area contributed by atoms with Gasteiger partial charge in [0.05, 0.1) is 0 Å². The summed E-state index contributed by atoms with van der Waals surface area (Å²) in [4.78, 5) is 0. The van der Waals surface area contributed by atoms with Gasteiger partial charge in [-0.3, -0.25) is 0 Å². The van der Waals surface area contributed by atoms with Gasteiger partial charge in [0.25, 0.3) is 0 Å². The minimum absolute atomic E-state index is 0.415. The van der Waals surface area contributed by atoms with Gasteiger partial charge in [0.2, 0.25) is 0 Å². The summed E-state index contributed by atoms with van der Waals surface area (Å²) in [6.07, 6.45) is 24.8. The van der Waals surface area contributed by atoms with Crippen LogP contribution in [-0.2, 0) is 0 Å². The van der Waals surface area contributed by atoms with Crippen LogP contribution in [0.15, 0.2) is 38.0 Å². The molecule has 8 fully saturated rings. The first-order valence-electron chi connectivity index (χ1n) is 11.3. The van der Waals surface area contributed by atoms with Crippen molar-refractivity contribution in [3.8, 4) is 0 Å². The molecule has 4 unspecified atom stereocenters. The van der Waals surface area contributed by atoms with Crippen LogP contribution in [0.25, 0.3) is 0 Å². The fourth-order valence-electron chi connectivity index (χ4n) is 10.8. The van der Waals surface area contributed by atoms with Crippen LogP contribution >= 0.6 is 0 Å². The van der Waals surface area contributed by atoms with Crippen LogP contribution < -0.4 is 0 Å². The lowest BCUT2D eigenvalue weighted by atomic mass is 9.29.